The molecule has 2 fully saturated rings. The van der Waals surface area contributed by atoms with Crippen LogP contribution >= 0.6 is 0 Å². The molecule has 0 bridgehead atoms. The molecule has 2 saturated heterocycles. The fourth-order valence-electron chi connectivity index (χ4n) is 3.32. The number of hydrogen-bond acceptors (Lipinski definition) is 5. The Labute approximate surface area is 125 Å². The lowest BCUT2D eigenvalue weighted by Gasteiger charge is -2.41. The Kier molecular flexibility index (Phi) is 5.41. The number of nitrogens with two attached hydrogens (primary N) is 1. The second-order valence-electron chi connectivity index (χ2n) is 5.89. The number of amidine groups is 1. The fraction of sp³-hybridized carbons (Fsp3) is 0.857. The van der Waals surface area contributed by atoms with Crippen molar-refractivity contribution in [3.8, 4) is 0 Å². The number of carbonyl (C=O) groups is 1. The first-order valence-electron chi connectivity index (χ1n) is 7.48. The summed E-state index contributed by atoms with van der Waals surface area (Å²) in [6.07, 6.45) is 2.96. The van der Waals surface area contributed by atoms with Gasteiger partial charge in [0.25, 0.3) is 0 Å². The summed E-state index contributed by atoms with van der Waals surface area (Å²) in [5.74, 6) is 0.323. The average molecular weight is 299 g/mol. The smallest absolute Gasteiger partial charge is 0.236 e. The van der Waals surface area contributed by atoms with Crippen LogP contribution in [0.4, 0.5) is 0 Å². The second-order valence-corrected chi connectivity index (χ2v) is 5.89. The Bertz CT molecular complexity index is 392. The summed E-state index contributed by atoms with van der Waals surface area (Å²) in [5, 5.41) is 12.2. The lowest BCUT2D eigenvalue weighted by atomic mass is 9.77. The van der Waals surface area contributed by atoms with Crippen molar-refractivity contribution in [3.05, 3.63) is 0 Å². The van der Waals surface area contributed by atoms with Crippen molar-refractivity contribution < 1.29 is 19.5 Å². The van der Waals surface area contributed by atoms with E-state index in [4.69, 9.17) is 20.4 Å². The van der Waals surface area contributed by atoms with Crippen molar-refractivity contribution in [2.24, 2.45) is 22.2 Å². The molecule has 0 radical (unpaired) electrons. The minimum atomic E-state index is -0.915. The SMILES string of the molecule is COCC1CCCN(C(=O)C2(C(N)=NO)CCOCC2)C1. The van der Waals surface area contributed by atoms with Gasteiger partial charge in [-0.1, -0.05) is 5.16 Å². The molecule has 3 N–H and O–H groups in total. The topological polar surface area (TPSA) is 97.4 Å². The van der Waals surface area contributed by atoms with Gasteiger partial charge in [-0.05, 0) is 31.6 Å². The van der Waals surface area contributed by atoms with Crippen LogP contribution in [-0.2, 0) is 14.3 Å². The van der Waals surface area contributed by atoms with Crippen LogP contribution in [0.5, 0.6) is 0 Å². The third-order valence-electron chi connectivity index (χ3n) is 4.56. The highest BCUT2D eigenvalue weighted by molar-refractivity contribution is 6.06. The average Bonchev–Trinajstić information content (AvgIpc) is 2.54. The quantitative estimate of drug-likeness (QED) is 0.339. The molecule has 0 aromatic carbocycles. The zero-order valence-electron chi connectivity index (χ0n) is 12.6. The van der Waals surface area contributed by atoms with Gasteiger partial charge in [-0.25, -0.2) is 0 Å². The maximum absolute atomic E-state index is 13.0. The van der Waals surface area contributed by atoms with Crippen molar-refractivity contribution in [1.82, 2.24) is 4.90 Å². The van der Waals surface area contributed by atoms with Crippen LogP contribution in [0.25, 0.3) is 0 Å². The van der Waals surface area contributed by atoms with Crippen LogP contribution in [0, 0.1) is 11.3 Å². The summed E-state index contributed by atoms with van der Waals surface area (Å²) in [6.45, 7) is 2.96. The van der Waals surface area contributed by atoms with Gasteiger partial charge in [-0.3, -0.25) is 4.79 Å². The van der Waals surface area contributed by atoms with Crippen LogP contribution in [0.2, 0.25) is 0 Å². The van der Waals surface area contributed by atoms with Gasteiger partial charge in [-0.15, -0.1) is 0 Å². The number of oxime groups is 1. The van der Waals surface area contributed by atoms with Crippen LogP contribution in [0.3, 0.4) is 0 Å². The summed E-state index contributed by atoms with van der Waals surface area (Å²) in [6, 6.07) is 0. The largest absolute Gasteiger partial charge is 0.409 e. The summed E-state index contributed by atoms with van der Waals surface area (Å²) in [5.41, 5.74) is 4.94. The monoisotopic (exact) mass is 299 g/mol. The van der Waals surface area contributed by atoms with Crippen LogP contribution in [0.1, 0.15) is 25.7 Å². The van der Waals surface area contributed by atoms with Gasteiger partial charge < -0.3 is 25.3 Å². The van der Waals surface area contributed by atoms with E-state index in [1.54, 1.807) is 7.11 Å². The first kappa shape index (κ1) is 16.0. The Balaban J connectivity index is 2.14. The van der Waals surface area contributed by atoms with Gasteiger partial charge in [0.05, 0.1) is 6.61 Å². The van der Waals surface area contributed by atoms with Gasteiger partial charge in [0.1, 0.15) is 5.41 Å². The van der Waals surface area contributed by atoms with Crippen LogP contribution in [0.15, 0.2) is 5.16 Å². The van der Waals surface area contributed by atoms with Crippen molar-refractivity contribution >= 4 is 11.7 Å². The molecule has 1 atom stereocenters. The molecule has 120 valence electrons. The Hall–Kier alpha value is -1.34. The van der Waals surface area contributed by atoms with Gasteiger partial charge in [0.15, 0.2) is 5.84 Å². The molecule has 1 amide bonds. The van der Waals surface area contributed by atoms with Gasteiger partial charge >= 0.3 is 0 Å². The number of rotatable bonds is 4. The maximum atomic E-state index is 13.0. The third-order valence-corrected chi connectivity index (χ3v) is 4.56. The first-order valence-corrected chi connectivity index (χ1v) is 7.48. The first-order chi connectivity index (χ1) is 10.1. The third kappa shape index (κ3) is 3.29. The molecule has 0 spiro atoms. The van der Waals surface area contributed by atoms with E-state index in [1.807, 2.05) is 4.90 Å². The molecule has 0 aromatic heterocycles. The Morgan fingerprint density at radius 1 is 1.52 bits per heavy atom. The fourth-order valence-corrected chi connectivity index (χ4v) is 3.32. The van der Waals surface area contributed by atoms with E-state index in [1.165, 1.54) is 0 Å². The molecular weight excluding hydrogens is 274 g/mol. The van der Waals surface area contributed by atoms with E-state index >= 15 is 0 Å². The van der Waals surface area contributed by atoms with Crippen molar-refractivity contribution in [3.63, 3.8) is 0 Å². The highest BCUT2D eigenvalue weighted by Gasteiger charge is 2.47. The normalized spacial score (nSPS) is 26.6. The molecule has 0 saturated carbocycles. The number of nitrogens with zero attached hydrogens (tertiary/aromatic N) is 2. The summed E-state index contributed by atoms with van der Waals surface area (Å²) >= 11 is 0. The predicted octanol–water partition coefficient (Wildman–Crippen LogP) is 0.415. The number of hydrogen-bond donors (Lipinski definition) is 2. The van der Waals surface area contributed by atoms with Crippen molar-refractivity contribution in [1.29, 1.82) is 0 Å². The number of piperidine rings is 1. The van der Waals surface area contributed by atoms with Gasteiger partial charge in [-0.2, -0.15) is 0 Å². The van der Waals surface area contributed by atoms with Crippen molar-refractivity contribution in [2.75, 3.05) is 40.0 Å². The minimum absolute atomic E-state index is 0.00432. The molecule has 7 nitrogen and oxygen atoms in total. The van der Waals surface area contributed by atoms with Crippen LogP contribution in [-0.4, -0.2) is 61.9 Å². The number of likely N-dealkylation sites (tertiary alicyclic amines) is 1. The lowest BCUT2D eigenvalue weighted by Crippen LogP contribution is -2.56. The Morgan fingerprint density at radius 2 is 2.24 bits per heavy atom. The second kappa shape index (κ2) is 7.09. The molecule has 2 rings (SSSR count). The number of methoxy groups -OCH3 is 1. The number of carbonyl (C=O) groups excluding carboxylic acids is 1. The van der Waals surface area contributed by atoms with E-state index in [-0.39, 0.29) is 11.7 Å². The summed E-state index contributed by atoms with van der Waals surface area (Å²) in [7, 11) is 1.68. The zero-order valence-corrected chi connectivity index (χ0v) is 12.6. The Morgan fingerprint density at radius 3 is 2.86 bits per heavy atom. The van der Waals surface area contributed by atoms with Crippen LogP contribution < -0.4 is 5.73 Å². The van der Waals surface area contributed by atoms with Gasteiger partial charge in [0, 0.05) is 33.4 Å². The number of ether oxygens (including phenoxy) is 2. The molecule has 21 heavy (non-hydrogen) atoms. The maximum Gasteiger partial charge on any atom is 0.236 e. The summed E-state index contributed by atoms with van der Waals surface area (Å²) in [4.78, 5) is 14.8. The van der Waals surface area contributed by atoms with E-state index in [2.05, 4.69) is 5.16 Å². The molecular formula is C14H25N3O4. The van der Waals surface area contributed by atoms with E-state index < -0.39 is 5.41 Å². The lowest BCUT2D eigenvalue weighted by molar-refractivity contribution is -0.145. The summed E-state index contributed by atoms with van der Waals surface area (Å²) < 4.78 is 10.5. The van der Waals surface area contributed by atoms with E-state index in [0.717, 1.165) is 19.4 Å². The van der Waals surface area contributed by atoms with Gasteiger partial charge in [0.2, 0.25) is 5.91 Å². The minimum Gasteiger partial charge on any atom is -0.409 e. The molecule has 2 aliphatic rings. The molecule has 2 heterocycles. The zero-order chi connectivity index (χ0) is 15.3. The highest BCUT2D eigenvalue weighted by atomic mass is 16.5. The van der Waals surface area contributed by atoms with E-state index in [9.17, 15) is 4.79 Å². The molecule has 2 aliphatic heterocycles. The molecule has 0 aliphatic carbocycles. The van der Waals surface area contributed by atoms with Crippen molar-refractivity contribution in [2.45, 2.75) is 25.7 Å². The molecule has 0 aromatic rings. The standard InChI is InChI=1S/C14H25N3O4/c1-20-10-11-3-2-6-17(9-11)13(18)14(12(15)16-19)4-7-21-8-5-14/h11,19H,2-10H2,1H3,(H2,15,16). The highest BCUT2D eigenvalue weighted by Crippen LogP contribution is 2.34. The molecule has 1 unspecified atom stereocenters. The van der Waals surface area contributed by atoms with E-state index in [0.29, 0.717) is 45.1 Å². The number of amides is 1. The predicted molar refractivity (Wildman–Crippen MR) is 77.1 cm³/mol. The molecule has 7 heteroatoms.